The highest BCUT2D eigenvalue weighted by Crippen LogP contribution is 2.32. The number of anilines is 1. The fourth-order valence-corrected chi connectivity index (χ4v) is 2.98. The molecule has 2 aromatic rings. The quantitative estimate of drug-likeness (QED) is 0.681. The summed E-state index contributed by atoms with van der Waals surface area (Å²) in [4.78, 5) is 21.3. The lowest BCUT2D eigenvalue weighted by atomic mass is 10.1. The topological polar surface area (TPSA) is 98.2 Å². The monoisotopic (exact) mass is 287 g/mol. The number of rotatable bonds is 3. The molecule has 2 heterocycles. The van der Waals surface area contributed by atoms with Gasteiger partial charge < -0.3 is 10.6 Å². The molecule has 1 aliphatic rings. The number of nitrogens with two attached hydrogens (primary N) is 1. The van der Waals surface area contributed by atoms with Crippen LogP contribution in [0.3, 0.4) is 0 Å². The molecule has 110 valence electrons. The van der Waals surface area contributed by atoms with Crippen LogP contribution in [0, 0.1) is 16.0 Å². The Labute approximate surface area is 121 Å². The van der Waals surface area contributed by atoms with Crippen LogP contribution in [0.5, 0.6) is 0 Å². The van der Waals surface area contributed by atoms with Crippen molar-refractivity contribution in [2.45, 2.75) is 19.4 Å². The summed E-state index contributed by atoms with van der Waals surface area (Å²) < 4.78 is 0. The Balaban J connectivity index is 2.09. The zero-order chi connectivity index (χ0) is 15.0. The Kier molecular flexibility index (Phi) is 3.42. The third-order valence-electron chi connectivity index (χ3n) is 4.08. The number of benzene rings is 1. The minimum atomic E-state index is -0.397. The van der Waals surface area contributed by atoms with Gasteiger partial charge in [0.05, 0.1) is 10.4 Å². The van der Waals surface area contributed by atoms with E-state index in [1.165, 1.54) is 12.4 Å². The summed E-state index contributed by atoms with van der Waals surface area (Å²) >= 11 is 0. The lowest BCUT2D eigenvalue weighted by Crippen LogP contribution is -2.28. The van der Waals surface area contributed by atoms with Gasteiger partial charge in [-0.1, -0.05) is 0 Å². The van der Waals surface area contributed by atoms with E-state index in [-0.39, 0.29) is 5.69 Å². The van der Waals surface area contributed by atoms with Gasteiger partial charge >= 0.3 is 0 Å². The van der Waals surface area contributed by atoms with Crippen molar-refractivity contribution in [2.24, 2.45) is 11.7 Å². The number of aromatic nitrogens is 2. The number of fused-ring (bicyclic) bond motifs is 1. The molecule has 0 amide bonds. The maximum atomic E-state index is 11.0. The maximum Gasteiger partial charge on any atom is 0.270 e. The summed E-state index contributed by atoms with van der Waals surface area (Å²) in [6.45, 7) is 3.59. The van der Waals surface area contributed by atoms with Crippen molar-refractivity contribution in [3.05, 3.63) is 34.6 Å². The molecule has 1 fully saturated rings. The average Bonchev–Trinajstić information content (AvgIpc) is 2.87. The molecular formula is C14H17N5O2. The second kappa shape index (κ2) is 5.25. The van der Waals surface area contributed by atoms with Crippen molar-refractivity contribution in [1.82, 2.24) is 9.97 Å². The van der Waals surface area contributed by atoms with Gasteiger partial charge in [0.2, 0.25) is 0 Å². The number of nitrogens with zero attached hydrogens (tertiary/aromatic N) is 4. The van der Waals surface area contributed by atoms with Crippen molar-refractivity contribution in [2.75, 3.05) is 18.0 Å². The molecule has 0 radical (unpaired) electrons. The minimum absolute atomic E-state index is 0.0563. The summed E-state index contributed by atoms with van der Waals surface area (Å²) in [7, 11) is 0. The Morgan fingerprint density at radius 3 is 2.95 bits per heavy atom. The van der Waals surface area contributed by atoms with E-state index >= 15 is 0 Å². The van der Waals surface area contributed by atoms with Crippen LogP contribution >= 0.6 is 0 Å². The number of nitro groups is 1. The molecule has 7 nitrogen and oxygen atoms in total. The first-order valence-electron chi connectivity index (χ1n) is 6.96. The van der Waals surface area contributed by atoms with Gasteiger partial charge in [-0.2, -0.15) is 0 Å². The van der Waals surface area contributed by atoms with E-state index in [2.05, 4.69) is 21.8 Å². The normalized spacial score (nSPS) is 21.9. The first kappa shape index (κ1) is 13.7. The highest BCUT2D eigenvalue weighted by atomic mass is 16.6. The predicted octanol–water partition coefficient (Wildman–Crippen LogP) is 1.71. The zero-order valence-corrected chi connectivity index (χ0v) is 11.8. The average molecular weight is 287 g/mol. The highest BCUT2D eigenvalue weighted by Gasteiger charge is 2.30. The fraction of sp³-hybridized carbons (Fsp3) is 0.429. The van der Waals surface area contributed by atoms with Crippen LogP contribution in [0.25, 0.3) is 10.9 Å². The van der Waals surface area contributed by atoms with Crippen LogP contribution in [0.1, 0.15) is 13.3 Å². The second-order valence-corrected chi connectivity index (χ2v) is 5.49. The molecule has 0 spiro atoms. The van der Waals surface area contributed by atoms with Gasteiger partial charge in [-0.3, -0.25) is 10.1 Å². The second-order valence-electron chi connectivity index (χ2n) is 5.49. The molecule has 3 rings (SSSR count). The molecule has 1 aromatic heterocycles. The smallest absolute Gasteiger partial charge is 0.270 e. The van der Waals surface area contributed by atoms with E-state index in [1.54, 1.807) is 12.1 Å². The molecule has 0 saturated carbocycles. The van der Waals surface area contributed by atoms with Crippen LogP contribution in [-0.2, 0) is 0 Å². The Hall–Kier alpha value is -2.28. The van der Waals surface area contributed by atoms with Gasteiger partial charge in [-0.05, 0) is 31.9 Å². The fourth-order valence-electron chi connectivity index (χ4n) is 2.98. The number of hydrogen-bond donors (Lipinski definition) is 1. The lowest BCUT2D eigenvalue weighted by Gasteiger charge is -2.23. The summed E-state index contributed by atoms with van der Waals surface area (Å²) in [6.07, 6.45) is 2.52. The third-order valence-corrected chi connectivity index (χ3v) is 4.08. The molecule has 1 aromatic carbocycles. The summed E-state index contributed by atoms with van der Waals surface area (Å²) in [6, 6.07) is 5.00. The number of non-ortho nitro benzene ring substituents is 1. The van der Waals surface area contributed by atoms with Gasteiger partial charge in [0.1, 0.15) is 12.1 Å². The van der Waals surface area contributed by atoms with Crippen molar-refractivity contribution < 1.29 is 4.92 Å². The van der Waals surface area contributed by atoms with E-state index in [0.717, 1.165) is 24.2 Å². The molecule has 2 atom stereocenters. The number of nitro benzene ring substituents is 1. The van der Waals surface area contributed by atoms with E-state index in [1.807, 2.05) is 0 Å². The summed E-state index contributed by atoms with van der Waals surface area (Å²) in [5.41, 5.74) is 6.54. The standard InChI is InChI=1S/C14H17N5O2/c1-9-4-10(6-15)7-18(9)14-12-5-11(19(20)21)2-3-13(12)16-8-17-14/h2-3,5,8-10H,4,6-7,15H2,1H3. The third kappa shape index (κ3) is 2.40. The summed E-state index contributed by atoms with van der Waals surface area (Å²) in [5, 5.41) is 11.7. The van der Waals surface area contributed by atoms with Gasteiger partial charge in [0, 0.05) is 30.1 Å². The van der Waals surface area contributed by atoms with Gasteiger partial charge in [0.25, 0.3) is 5.69 Å². The molecule has 0 aliphatic carbocycles. The van der Waals surface area contributed by atoms with Crippen LogP contribution in [0.2, 0.25) is 0 Å². The molecule has 0 bridgehead atoms. The largest absolute Gasteiger partial charge is 0.353 e. The first-order valence-corrected chi connectivity index (χ1v) is 6.96. The van der Waals surface area contributed by atoms with Gasteiger partial charge in [-0.25, -0.2) is 9.97 Å². The van der Waals surface area contributed by atoms with Crippen molar-refractivity contribution >= 4 is 22.4 Å². The minimum Gasteiger partial charge on any atom is -0.353 e. The lowest BCUT2D eigenvalue weighted by molar-refractivity contribution is -0.384. The molecular weight excluding hydrogens is 270 g/mol. The Bertz CT molecular complexity index is 690. The van der Waals surface area contributed by atoms with E-state index in [9.17, 15) is 10.1 Å². The predicted molar refractivity (Wildman–Crippen MR) is 80.2 cm³/mol. The van der Waals surface area contributed by atoms with Crippen molar-refractivity contribution in [3.63, 3.8) is 0 Å². The van der Waals surface area contributed by atoms with Gasteiger partial charge in [0.15, 0.2) is 0 Å². The van der Waals surface area contributed by atoms with Crippen LogP contribution in [-0.4, -0.2) is 34.0 Å². The van der Waals surface area contributed by atoms with E-state index in [4.69, 9.17) is 5.73 Å². The van der Waals surface area contributed by atoms with Crippen molar-refractivity contribution in [3.8, 4) is 0 Å². The van der Waals surface area contributed by atoms with Crippen LogP contribution in [0.4, 0.5) is 11.5 Å². The molecule has 2 N–H and O–H groups in total. The zero-order valence-electron chi connectivity index (χ0n) is 11.8. The SMILES string of the molecule is CC1CC(CN)CN1c1ncnc2ccc([N+](=O)[O-])cc12. The molecule has 7 heteroatoms. The Morgan fingerprint density at radius 2 is 2.29 bits per heavy atom. The molecule has 1 saturated heterocycles. The Morgan fingerprint density at radius 1 is 1.48 bits per heavy atom. The molecule has 21 heavy (non-hydrogen) atoms. The van der Waals surface area contributed by atoms with Crippen LogP contribution < -0.4 is 10.6 Å². The highest BCUT2D eigenvalue weighted by molar-refractivity contribution is 5.91. The van der Waals surface area contributed by atoms with Crippen LogP contribution in [0.15, 0.2) is 24.5 Å². The van der Waals surface area contributed by atoms with Crippen molar-refractivity contribution in [1.29, 1.82) is 0 Å². The van der Waals surface area contributed by atoms with Gasteiger partial charge in [-0.15, -0.1) is 0 Å². The number of hydrogen-bond acceptors (Lipinski definition) is 6. The first-order chi connectivity index (χ1) is 10.1. The molecule has 2 unspecified atom stereocenters. The van der Waals surface area contributed by atoms with E-state index in [0.29, 0.717) is 24.0 Å². The van der Waals surface area contributed by atoms with E-state index < -0.39 is 4.92 Å². The summed E-state index contributed by atoms with van der Waals surface area (Å²) in [5.74, 6) is 1.19. The molecule has 1 aliphatic heterocycles. The maximum absolute atomic E-state index is 11.0.